The van der Waals surface area contributed by atoms with Gasteiger partial charge in [0.05, 0.1) is 21.5 Å². The van der Waals surface area contributed by atoms with E-state index in [1.165, 1.54) is 24.5 Å². The smallest absolute Gasteiger partial charge is 0.292 e. The van der Waals surface area contributed by atoms with Gasteiger partial charge in [0.1, 0.15) is 18.3 Å². The Bertz CT molecular complexity index is 1520. The Balaban J connectivity index is 1.39. The van der Waals surface area contributed by atoms with E-state index in [0.717, 1.165) is 11.3 Å². The lowest BCUT2D eigenvalue weighted by molar-refractivity contribution is -0.383. The number of benzene rings is 3. The van der Waals surface area contributed by atoms with Gasteiger partial charge in [0.25, 0.3) is 11.6 Å². The number of para-hydroxylation sites is 3. The second kappa shape index (κ2) is 9.35. The van der Waals surface area contributed by atoms with E-state index >= 15 is 0 Å². The fourth-order valence-corrected chi connectivity index (χ4v) is 3.45. The predicted molar refractivity (Wildman–Crippen MR) is 127 cm³/mol. The number of ether oxygens (including phenoxy) is 1. The summed E-state index contributed by atoms with van der Waals surface area (Å²) in [4.78, 5) is 36.2. The molecule has 5 rings (SSSR count). The van der Waals surface area contributed by atoms with E-state index in [4.69, 9.17) is 4.74 Å². The number of carbonyl (C=O) groups excluding carboxylic acids is 1. The molecule has 0 aliphatic rings. The van der Waals surface area contributed by atoms with Crippen LogP contribution in [0.5, 0.6) is 5.88 Å². The molecule has 1 amide bonds. The van der Waals surface area contributed by atoms with E-state index in [1.807, 2.05) is 42.5 Å². The summed E-state index contributed by atoms with van der Waals surface area (Å²) in [6.45, 7) is -0.391. The van der Waals surface area contributed by atoms with Gasteiger partial charge in [0, 0.05) is 11.6 Å². The van der Waals surface area contributed by atoms with Crippen molar-refractivity contribution in [2.75, 3.05) is 11.9 Å². The molecular formula is C24H17N7O4. The molecule has 0 atom stereocenters. The third-order valence-corrected chi connectivity index (χ3v) is 5.09. The lowest BCUT2D eigenvalue weighted by Gasteiger charge is -2.11. The molecule has 0 aliphatic carbocycles. The molecule has 0 spiro atoms. The first-order chi connectivity index (χ1) is 17.1. The number of amides is 1. The largest absolute Gasteiger partial charge is 0.467 e. The molecule has 0 bridgehead atoms. The molecule has 11 nitrogen and oxygen atoms in total. The van der Waals surface area contributed by atoms with Crippen LogP contribution in [-0.4, -0.2) is 42.2 Å². The number of carbonyl (C=O) groups is 1. The molecule has 3 aromatic carbocycles. The molecular weight excluding hydrogens is 450 g/mol. The summed E-state index contributed by atoms with van der Waals surface area (Å²) < 4.78 is 7.38. The second-order valence-electron chi connectivity index (χ2n) is 7.37. The van der Waals surface area contributed by atoms with E-state index < -0.39 is 17.4 Å². The summed E-state index contributed by atoms with van der Waals surface area (Å²) in [5.74, 6) is 0.0901. The van der Waals surface area contributed by atoms with Crippen molar-refractivity contribution in [3.63, 3.8) is 0 Å². The first-order valence-corrected chi connectivity index (χ1v) is 10.5. The Kier molecular flexibility index (Phi) is 5.78. The number of nitro benzene ring substituents is 1. The molecule has 11 heteroatoms. The maximum Gasteiger partial charge on any atom is 0.292 e. The number of fused-ring (bicyclic) bond motifs is 1. The molecule has 0 fully saturated rings. The Morgan fingerprint density at radius 3 is 2.54 bits per heavy atom. The third kappa shape index (κ3) is 4.64. The number of aromatic nitrogens is 5. The van der Waals surface area contributed by atoms with Crippen LogP contribution in [0.3, 0.4) is 0 Å². The summed E-state index contributed by atoms with van der Waals surface area (Å²) >= 11 is 0. The number of nitrogens with one attached hydrogen (secondary N) is 1. The molecule has 0 aliphatic heterocycles. The van der Waals surface area contributed by atoms with Gasteiger partial charge in [0.15, 0.2) is 12.4 Å². The van der Waals surface area contributed by atoms with Gasteiger partial charge in [-0.05, 0) is 42.5 Å². The van der Waals surface area contributed by atoms with E-state index in [-0.39, 0.29) is 17.3 Å². The molecule has 2 aromatic heterocycles. The average Bonchev–Trinajstić information content (AvgIpc) is 3.42. The summed E-state index contributed by atoms with van der Waals surface area (Å²) in [7, 11) is 0. The molecule has 2 heterocycles. The zero-order valence-corrected chi connectivity index (χ0v) is 18.1. The molecule has 35 heavy (non-hydrogen) atoms. The van der Waals surface area contributed by atoms with Crippen molar-refractivity contribution in [3.05, 3.63) is 95.6 Å². The van der Waals surface area contributed by atoms with Crippen molar-refractivity contribution in [2.24, 2.45) is 0 Å². The summed E-state index contributed by atoms with van der Waals surface area (Å²) in [5, 5.41) is 18.4. The third-order valence-electron chi connectivity index (χ3n) is 5.09. The molecule has 0 radical (unpaired) electrons. The Labute approximate surface area is 198 Å². The minimum Gasteiger partial charge on any atom is -0.467 e. The van der Waals surface area contributed by atoms with Crippen LogP contribution in [0.15, 0.2) is 85.5 Å². The number of hydrogen-bond donors (Lipinski definition) is 1. The maximum absolute atomic E-state index is 12.5. The van der Waals surface area contributed by atoms with Gasteiger partial charge < -0.3 is 10.1 Å². The fraction of sp³-hybridized carbons (Fsp3) is 0.0417. The highest BCUT2D eigenvalue weighted by Gasteiger charge is 2.16. The zero-order chi connectivity index (χ0) is 24.2. The Morgan fingerprint density at radius 2 is 1.77 bits per heavy atom. The first-order valence-electron chi connectivity index (χ1n) is 10.5. The van der Waals surface area contributed by atoms with Crippen molar-refractivity contribution in [2.45, 2.75) is 0 Å². The van der Waals surface area contributed by atoms with Crippen LogP contribution < -0.4 is 10.1 Å². The van der Waals surface area contributed by atoms with Crippen LogP contribution in [0, 0.1) is 10.1 Å². The van der Waals surface area contributed by atoms with Gasteiger partial charge in [-0.1, -0.05) is 24.3 Å². The van der Waals surface area contributed by atoms with Gasteiger partial charge in [-0.3, -0.25) is 14.9 Å². The molecule has 5 aromatic rings. The predicted octanol–water partition coefficient (Wildman–Crippen LogP) is 3.80. The number of nitro groups is 1. The van der Waals surface area contributed by atoms with Crippen LogP contribution in [0.2, 0.25) is 0 Å². The van der Waals surface area contributed by atoms with Gasteiger partial charge in [-0.2, -0.15) is 10.1 Å². The quantitative estimate of drug-likeness (QED) is 0.282. The van der Waals surface area contributed by atoms with Crippen LogP contribution in [-0.2, 0) is 4.79 Å². The van der Waals surface area contributed by atoms with E-state index in [2.05, 4.69) is 25.4 Å². The molecule has 0 saturated heterocycles. The van der Waals surface area contributed by atoms with Crippen LogP contribution in [0.25, 0.3) is 28.0 Å². The normalized spacial score (nSPS) is 10.7. The fourth-order valence-electron chi connectivity index (χ4n) is 3.45. The zero-order valence-electron chi connectivity index (χ0n) is 18.1. The van der Waals surface area contributed by atoms with Gasteiger partial charge in [-0.25, -0.2) is 14.6 Å². The monoisotopic (exact) mass is 467 g/mol. The van der Waals surface area contributed by atoms with Gasteiger partial charge in [0.2, 0.25) is 5.88 Å². The lowest BCUT2D eigenvalue weighted by Crippen LogP contribution is -2.21. The van der Waals surface area contributed by atoms with E-state index in [9.17, 15) is 14.9 Å². The minimum absolute atomic E-state index is 0.0896. The van der Waals surface area contributed by atoms with Crippen LogP contribution in [0.4, 0.5) is 11.4 Å². The van der Waals surface area contributed by atoms with Crippen LogP contribution >= 0.6 is 0 Å². The highest BCUT2D eigenvalue weighted by molar-refractivity contribution is 5.94. The van der Waals surface area contributed by atoms with Crippen LogP contribution in [0.1, 0.15) is 0 Å². The number of nitrogens with zero attached hydrogens (tertiary/aromatic N) is 6. The Hall–Kier alpha value is -5.19. The minimum atomic E-state index is -0.561. The van der Waals surface area contributed by atoms with Crippen molar-refractivity contribution in [1.29, 1.82) is 0 Å². The molecule has 0 saturated carbocycles. The lowest BCUT2D eigenvalue weighted by atomic mass is 10.1. The summed E-state index contributed by atoms with van der Waals surface area (Å²) in [5.41, 5.74) is 2.10. The van der Waals surface area contributed by atoms with Crippen molar-refractivity contribution in [1.82, 2.24) is 24.7 Å². The first kappa shape index (κ1) is 21.6. The Morgan fingerprint density at radius 1 is 1.00 bits per heavy atom. The highest BCUT2D eigenvalue weighted by Crippen LogP contribution is 2.27. The number of hydrogen-bond acceptors (Lipinski definition) is 8. The maximum atomic E-state index is 12.5. The molecule has 1 N–H and O–H groups in total. The van der Waals surface area contributed by atoms with Gasteiger partial charge >= 0.3 is 0 Å². The van der Waals surface area contributed by atoms with Gasteiger partial charge in [-0.15, -0.1) is 0 Å². The van der Waals surface area contributed by atoms with Crippen molar-refractivity contribution < 1.29 is 14.5 Å². The average molecular weight is 467 g/mol. The molecule has 0 unspecified atom stereocenters. The highest BCUT2D eigenvalue weighted by atomic mass is 16.6. The van der Waals surface area contributed by atoms with Crippen molar-refractivity contribution >= 4 is 28.2 Å². The van der Waals surface area contributed by atoms with Crippen molar-refractivity contribution in [3.8, 4) is 23.0 Å². The number of rotatable bonds is 7. The summed E-state index contributed by atoms with van der Waals surface area (Å²) in [6, 6.07) is 20.6. The number of anilines is 1. The topological polar surface area (TPSA) is 138 Å². The van der Waals surface area contributed by atoms with E-state index in [1.54, 1.807) is 23.1 Å². The SMILES string of the molecule is O=C(COc1nc(-c2ccc(-n3cncn3)cc2)nc2ccccc12)Nc1ccccc1[N+](=O)[O-]. The standard InChI is InChI=1S/C24H17N7O4/c32-22(27-20-7-3-4-8-21(20)31(33)34)13-35-24-18-5-1-2-6-19(18)28-23(29-24)16-9-11-17(12-10-16)30-15-25-14-26-30/h1-12,14-15H,13H2,(H,27,32). The summed E-state index contributed by atoms with van der Waals surface area (Å²) in [6.07, 6.45) is 3.05. The second-order valence-corrected chi connectivity index (χ2v) is 7.37. The van der Waals surface area contributed by atoms with E-state index in [0.29, 0.717) is 16.7 Å². The molecule has 172 valence electrons.